The normalized spacial score (nSPS) is 19.2. The third-order valence-electron chi connectivity index (χ3n) is 5.40. The summed E-state index contributed by atoms with van der Waals surface area (Å²) in [6, 6.07) is 1.44. The zero-order chi connectivity index (χ0) is 26.6. The number of anilines is 1. The van der Waals surface area contributed by atoms with Gasteiger partial charge >= 0.3 is 18.2 Å². The zero-order valence-corrected chi connectivity index (χ0v) is 21.2. The number of nitrogens with zero attached hydrogens (tertiary/aromatic N) is 5. The van der Waals surface area contributed by atoms with Crippen LogP contribution in [0.4, 0.5) is 32.6 Å². The van der Waals surface area contributed by atoms with E-state index in [-0.39, 0.29) is 25.5 Å². The van der Waals surface area contributed by atoms with Crippen molar-refractivity contribution in [1.29, 1.82) is 5.26 Å². The van der Waals surface area contributed by atoms with Crippen LogP contribution in [0.1, 0.15) is 58.0 Å². The Hall–Kier alpha value is -2.69. The molecule has 1 saturated heterocycles. The Kier molecular flexibility index (Phi) is 6.73. The number of pyridine rings is 1. The summed E-state index contributed by atoms with van der Waals surface area (Å²) in [5, 5.41) is 15.9. The minimum absolute atomic E-state index is 0.157. The van der Waals surface area contributed by atoms with Crippen LogP contribution >= 0.6 is 15.9 Å². The highest BCUT2D eigenvalue weighted by Crippen LogP contribution is 2.45. The number of carbonyl (C=O) groups excluding carboxylic acids is 1. The molecule has 8 nitrogen and oxygen atoms in total. The molecule has 0 saturated carbocycles. The first-order valence-electron chi connectivity index (χ1n) is 10.6. The Bertz CT molecular complexity index is 1190. The number of alkyl halides is 5. The molecule has 1 fully saturated rings. The summed E-state index contributed by atoms with van der Waals surface area (Å²) in [5.41, 5.74) is -4.13. The van der Waals surface area contributed by atoms with Crippen LogP contribution in [0.3, 0.4) is 0 Å². The molecule has 1 N–H and O–H groups in total. The molecule has 1 aliphatic heterocycles. The number of fused-ring (bicyclic) bond motifs is 1. The third-order valence-corrected chi connectivity index (χ3v) is 6.15. The molecule has 2 aromatic rings. The average molecular weight is 567 g/mol. The van der Waals surface area contributed by atoms with Crippen molar-refractivity contribution in [2.75, 3.05) is 24.5 Å². The SMILES string of the molecule is CC(C)(C)OC(=O)NC[C@]1(C)CCN(c2c(Br)c(C(F)(F)F)c(C#N)c3nc(C(C)(F)F)nn23)C1. The van der Waals surface area contributed by atoms with E-state index in [0.29, 0.717) is 13.3 Å². The fourth-order valence-corrected chi connectivity index (χ4v) is 4.67. The van der Waals surface area contributed by atoms with Gasteiger partial charge in [0.1, 0.15) is 23.1 Å². The summed E-state index contributed by atoms with van der Waals surface area (Å²) < 4.78 is 75.4. The summed E-state index contributed by atoms with van der Waals surface area (Å²) in [5.74, 6) is -4.71. The molecular formula is C21H24BrF5N6O2. The molecule has 192 valence electrons. The van der Waals surface area contributed by atoms with E-state index < -0.39 is 56.3 Å². The van der Waals surface area contributed by atoms with Gasteiger partial charge in [0.15, 0.2) is 5.65 Å². The Morgan fingerprint density at radius 2 is 1.89 bits per heavy atom. The lowest BCUT2D eigenvalue weighted by atomic mass is 9.90. The van der Waals surface area contributed by atoms with Crippen LogP contribution in [0.15, 0.2) is 4.47 Å². The van der Waals surface area contributed by atoms with Crippen molar-refractivity contribution in [3.63, 3.8) is 0 Å². The minimum atomic E-state index is -4.97. The van der Waals surface area contributed by atoms with Crippen molar-refractivity contribution >= 4 is 33.5 Å². The molecule has 0 spiro atoms. The van der Waals surface area contributed by atoms with Crippen molar-refractivity contribution in [1.82, 2.24) is 19.9 Å². The second-order valence-corrected chi connectivity index (χ2v) is 10.7. The van der Waals surface area contributed by atoms with Gasteiger partial charge in [-0.1, -0.05) is 6.92 Å². The number of nitriles is 1. The molecule has 0 aromatic carbocycles. The van der Waals surface area contributed by atoms with Gasteiger partial charge in [-0.3, -0.25) is 0 Å². The number of carbonyl (C=O) groups is 1. The molecule has 0 unspecified atom stereocenters. The van der Waals surface area contributed by atoms with Gasteiger partial charge in [-0.2, -0.15) is 31.7 Å². The summed E-state index contributed by atoms with van der Waals surface area (Å²) in [4.78, 5) is 17.2. The smallest absolute Gasteiger partial charge is 0.419 e. The Morgan fingerprint density at radius 1 is 1.26 bits per heavy atom. The molecule has 1 aliphatic rings. The number of alkyl carbamates (subject to hydrolysis) is 1. The van der Waals surface area contributed by atoms with E-state index in [2.05, 4.69) is 31.3 Å². The second kappa shape index (κ2) is 8.76. The maximum atomic E-state index is 14.0. The van der Waals surface area contributed by atoms with E-state index in [1.165, 1.54) is 11.0 Å². The highest BCUT2D eigenvalue weighted by molar-refractivity contribution is 9.10. The molecule has 1 atom stereocenters. The molecule has 14 heteroatoms. The molecule has 0 bridgehead atoms. The van der Waals surface area contributed by atoms with Gasteiger partial charge < -0.3 is 15.0 Å². The first-order chi connectivity index (χ1) is 15.9. The van der Waals surface area contributed by atoms with Crippen molar-refractivity contribution in [2.45, 2.75) is 58.7 Å². The predicted octanol–water partition coefficient (Wildman–Crippen LogP) is 5.24. The van der Waals surface area contributed by atoms with Crippen LogP contribution in [0.2, 0.25) is 0 Å². The number of aromatic nitrogens is 3. The molecule has 3 heterocycles. The van der Waals surface area contributed by atoms with Crippen LogP contribution in [-0.4, -0.2) is 45.9 Å². The zero-order valence-electron chi connectivity index (χ0n) is 19.6. The Labute approximate surface area is 206 Å². The van der Waals surface area contributed by atoms with Gasteiger partial charge in [0.25, 0.3) is 0 Å². The first-order valence-corrected chi connectivity index (χ1v) is 11.4. The third kappa shape index (κ3) is 5.60. The van der Waals surface area contributed by atoms with E-state index >= 15 is 0 Å². The summed E-state index contributed by atoms with van der Waals surface area (Å²) >= 11 is 2.95. The van der Waals surface area contributed by atoms with E-state index in [1.807, 2.05) is 6.92 Å². The molecule has 0 radical (unpaired) electrons. The van der Waals surface area contributed by atoms with Gasteiger partial charge in [-0.25, -0.2) is 9.78 Å². The molecule has 1 amide bonds. The van der Waals surface area contributed by atoms with Crippen molar-refractivity contribution in [3.05, 3.63) is 21.4 Å². The van der Waals surface area contributed by atoms with Gasteiger partial charge in [0.2, 0.25) is 5.82 Å². The number of hydrogen-bond donors (Lipinski definition) is 1. The largest absolute Gasteiger partial charge is 0.444 e. The Morgan fingerprint density at radius 3 is 2.40 bits per heavy atom. The quantitative estimate of drug-likeness (QED) is 0.509. The Balaban J connectivity index is 2.05. The lowest BCUT2D eigenvalue weighted by Gasteiger charge is -2.28. The van der Waals surface area contributed by atoms with E-state index in [9.17, 15) is 32.0 Å². The number of hydrogen-bond acceptors (Lipinski definition) is 6. The summed E-state index contributed by atoms with van der Waals surface area (Å²) in [6.45, 7) is 8.05. The fourth-order valence-electron chi connectivity index (χ4n) is 3.83. The minimum Gasteiger partial charge on any atom is -0.444 e. The number of ether oxygens (including phenoxy) is 1. The fraction of sp³-hybridized carbons (Fsp3) is 0.619. The van der Waals surface area contributed by atoms with Crippen molar-refractivity contribution in [2.24, 2.45) is 5.41 Å². The van der Waals surface area contributed by atoms with Gasteiger partial charge in [-0.15, -0.1) is 5.10 Å². The van der Waals surface area contributed by atoms with E-state index in [0.717, 1.165) is 4.52 Å². The van der Waals surface area contributed by atoms with Crippen molar-refractivity contribution in [3.8, 4) is 6.07 Å². The summed E-state index contributed by atoms with van der Waals surface area (Å²) in [7, 11) is 0. The molecule has 0 aliphatic carbocycles. The standard InChI is InChI=1S/C21H24BrF5N6O2/c1-18(2,3)35-17(34)29-9-19(4)6-7-32(10-19)15-13(22)12(21(25,26)27)11(8-28)14-30-16(20(5,23)24)31-33(14)15/h6-7,9-10H2,1-5H3,(H,29,34)/t19-/m0/s1. The van der Waals surface area contributed by atoms with E-state index in [1.54, 1.807) is 20.8 Å². The van der Waals surface area contributed by atoms with Crippen LogP contribution in [0.5, 0.6) is 0 Å². The first kappa shape index (κ1) is 26.9. The molecular weight excluding hydrogens is 543 g/mol. The van der Waals surface area contributed by atoms with Crippen LogP contribution in [0, 0.1) is 16.7 Å². The molecule has 35 heavy (non-hydrogen) atoms. The average Bonchev–Trinajstić information content (AvgIpc) is 3.28. The maximum Gasteiger partial charge on any atom is 0.419 e. The van der Waals surface area contributed by atoms with Gasteiger partial charge in [0.05, 0.1) is 10.0 Å². The van der Waals surface area contributed by atoms with Gasteiger partial charge in [-0.05, 0) is 43.1 Å². The lowest BCUT2D eigenvalue weighted by molar-refractivity contribution is -0.138. The second-order valence-electron chi connectivity index (χ2n) is 9.89. The number of halogens is 6. The molecule has 2 aromatic heterocycles. The topological polar surface area (TPSA) is 95.5 Å². The number of rotatable bonds is 4. The van der Waals surface area contributed by atoms with Crippen LogP contribution in [0.25, 0.3) is 5.65 Å². The van der Waals surface area contributed by atoms with Gasteiger partial charge in [0, 0.05) is 32.0 Å². The molecule has 3 rings (SSSR count). The predicted molar refractivity (Wildman–Crippen MR) is 119 cm³/mol. The maximum absolute atomic E-state index is 14.0. The van der Waals surface area contributed by atoms with Crippen LogP contribution < -0.4 is 10.2 Å². The van der Waals surface area contributed by atoms with E-state index in [4.69, 9.17) is 4.74 Å². The summed E-state index contributed by atoms with van der Waals surface area (Å²) in [6.07, 6.45) is -5.14. The van der Waals surface area contributed by atoms with Crippen LogP contribution in [-0.2, 0) is 16.8 Å². The van der Waals surface area contributed by atoms with Crippen molar-refractivity contribution < 1.29 is 31.5 Å². The number of nitrogens with one attached hydrogen (secondary N) is 1. The lowest BCUT2D eigenvalue weighted by Crippen LogP contribution is -2.40. The monoisotopic (exact) mass is 566 g/mol. The highest BCUT2D eigenvalue weighted by atomic mass is 79.9. The number of amides is 1. The highest BCUT2D eigenvalue weighted by Gasteiger charge is 2.44.